The van der Waals surface area contributed by atoms with E-state index in [1.54, 1.807) is 0 Å². The molecule has 3 nitrogen and oxygen atoms in total. The highest BCUT2D eigenvalue weighted by Gasteiger charge is 2.71. The molecule has 0 N–H and O–H groups in total. The second-order valence-corrected chi connectivity index (χ2v) is 13.3. The summed E-state index contributed by atoms with van der Waals surface area (Å²) in [5, 5.41) is 0. The van der Waals surface area contributed by atoms with Gasteiger partial charge in [0.05, 0.1) is 0 Å². The molecular formula is C26H36Cl2O3. The van der Waals surface area contributed by atoms with Crippen LogP contribution in [0, 0.1) is 39.9 Å². The zero-order chi connectivity index (χ0) is 22.4. The lowest BCUT2D eigenvalue weighted by molar-refractivity contribution is -0.150. The first-order valence-electron chi connectivity index (χ1n) is 12.2. The summed E-state index contributed by atoms with van der Waals surface area (Å²) in [6, 6.07) is 0. The molecular weight excluding hydrogens is 431 g/mol. The van der Waals surface area contributed by atoms with Crippen molar-refractivity contribution in [3.8, 4) is 0 Å². The topological polar surface area (TPSA) is 43.4 Å². The fourth-order valence-corrected chi connectivity index (χ4v) is 9.65. The van der Waals surface area contributed by atoms with Gasteiger partial charge in [-0.25, -0.2) is 0 Å². The summed E-state index contributed by atoms with van der Waals surface area (Å²) in [6.45, 7) is 8.63. The number of ether oxygens (including phenoxy) is 1. The van der Waals surface area contributed by atoms with Crippen LogP contribution in [0.2, 0.25) is 0 Å². The van der Waals surface area contributed by atoms with Crippen LogP contribution in [0.3, 0.4) is 0 Å². The van der Waals surface area contributed by atoms with Crippen molar-refractivity contribution in [2.24, 2.45) is 39.9 Å². The Balaban J connectivity index is 1.40. The van der Waals surface area contributed by atoms with Crippen LogP contribution in [0.15, 0.2) is 11.6 Å². The fraction of sp³-hybridized carbons (Fsp3) is 0.846. The molecule has 5 rings (SSSR count). The van der Waals surface area contributed by atoms with Gasteiger partial charge in [-0.05, 0) is 79.4 Å². The van der Waals surface area contributed by atoms with E-state index in [0.717, 1.165) is 32.1 Å². The van der Waals surface area contributed by atoms with Crippen LogP contribution in [-0.4, -0.2) is 22.2 Å². The summed E-state index contributed by atoms with van der Waals surface area (Å²) < 4.78 is 4.36. The lowest BCUT2D eigenvalue weighted by Gasteiger charge is -2.61. The van der Waals surface area contributed by atoms with Crippen LogP contribution < -0.4 is 0 Å². The van der Waals surface area contributed by atoms with Gasteiger partial charge in [0.2, 0.25) is 0 Å². The Morgan fingerprint density at radius 3 is 2.45 bits per heavy atom. The van der Waals surface area contributed by atoms with E-state index in [4.69, 9.17) is 27.9 Å². The minimum Gasteiger partial charge on any atom is -0.462 e. The van der Waals surface area contributed by atoms with E-state index in [-0.39, 0.29) is 34.1 Å². The number of Topliss-reactive ketones (excluding diaryl/α,β-unsaturated/α-hetero) is 1. The van der Waals surface area contributed by atoms with E-state index >= 15 is 0 Å². The summed E-state index contributed by atoms with van der Waals surface area (Å²) in [5.41, 5.74) is 1.67. The number of alkyl halides is 2. The fourth-order valence-electron chi connectivity index (χ4n) is 9.12. The van der Waals surface area contributed by atoms with Crippen molar-refractivity contribution >= 4 is 35.0 Å². The van der Waals surface area contributed by atoms with Crippen molar-refractivity contribution in [3.05, 3.63) is 11.6 Å². The monoisotopic (exact) mass is 466 g/mol. The molecule has 172 valence electrons. The molecule has 0 heterocycles. The molecule has 4 saturated carbocycles. The number of hydrogen-bond acceptors (Lipinski definition) is 3. The Hall–Kier alpha value is -0.540. The van der Waals surface area contributed by atoms with E-state index < -0.39 is 4.33 Å². The number of carbonyl (C=O) groups excluding carboxylic acids is 2. The Morgan fingerprint density at radius 1 is 1.06 bits per heavy atom. The maximum absolute atomic E-state index is 12.2. The van der Waals surface area contributed by atoms with Gasteiger partial charge >= 0.3 is 5.97 Å². The number of allylic oxidation sites excluding steroid dienone is 1. The molecule has 0 amide bonds. The molecule has 0 saturated heterocycles. The first-order valence-corrected chi connectivity index (χ1v) is 13.0. The van der Waals surface area contributed by atoms with Gasteiger partial charge in [-0.1, -0.05) is 55.6 Å². The molecule has 4 fully saturated rings. The highest BCUT2D eigenvalue weighted by molar-refractivity contribution is 6.61. The van der Waals surface area contributed by atoms with E-state index in [9.17, 15) is 9.59 Å². The smallest absolute Gasteiger partial charge is 0.302 e. The summed E-state index contributed by atoms with van der Waals surface area (Å²) >= 11 is 13.2. The summed E-state index contributed by atoms with van der Waals surface area (Å²) in [7, 11) is 0. The molecule has 0 radical (unpaired) electrons. The molecule has 0 unspecified atom stereocenters. The number of halogens is 2. The Labute approximate surface area is 196 Å². The lowest BCUT2D eigenvalue weighted by Crippen LogP contribution is -2.63. The zero-order valence-electron chi connectivity index (χ0n) is 19.3. The van der Waals surface area contributed by atoms with Crippen molar-refractivity contribution in [2.45, 2.75) is 95.9 Å². The molecule has 0 bridgehead atoms. The predicted molar refractivity (Wildman–Crippen MR) is 123 cm³/mol. The normalized spacial score (nSPS) is 50.5. The third kappa shape index (κ3) is 2.90. The minimum atomic E-state index is -1.22. The van der Waals surface area contributed by atoms with Crippen molar-refractivity contribution in [1.29, 1.82) is 0 Å². The van der Waals surface area contributed by atoms with Gasteiger partial charge in [-0.3, -0.25) is 9.59 Å². The SMILES string of the molecule is CC(=O)O[C@H]1CC[C@@]2(C)C(=CC[C@H]3[C@@H]4CC[C@H]([C@]5(C)CC(=O)C5(Cl)Cl)[C@@]4(C)CC[C@@H]32)C1. The third-order valence-corrected chi connectivity index (χ3v) is 12.0. The third-order valence-electron chi connectivity index (χ3n) is 10.8. The number of esters is 1. The van der Waals surface area contributed by atoms with Crippen molar-refractivity contribution < 1.29 is 14.3 Å². The average molecular weight is 467 g/mol. The quantitative estimate of drug-likeness (QED) is 0.259. The van der Waals surface area contributed by atoms with Gasteiger partial charge in [0.1, 0.15) is 6.10 Å². The molecule has 5 aliphatic rings. The van der Waals surface area contributed by atoms with Crippen LogP contribution in [0.5, 0.6) is 0 Å². The molecule has 0 aromatic carbocycles. The highest BCUT2D eigenvalue weighted by Crippen LogP contribution is 2.73. The van der Waals surface area contributed by atoms with E-state index in [2.05, 4.69) is 26.8 Å². The van der Waals surface area contributed by atoms with Crippen molar-refractivity contribution in [3.63, 3.8) is 0 Å². The van der Waals surface area contributed by atoms with E-state index in [1.807, 2.05) is 0 Å². The standard InChI is InChI=1S/C26H36Cl2O3/c1-15(29)31-17-9-11-23(2)16(13-17)5-6-18-19-7-8-21(24(19,3)12-10-20(18)23)25(4)14-22(30)26(25,27)28/h5,17-21H,6-14H2,1-4H3/t17-,18-,19-,20-,21-,23-,24-,25-/m0/s1. The molecule has 5 heteroatoms. The number of carbonyl (C=O) groups is 2. The minimum absolute atomic E-state index is 0.00126. The Bertz CT molecular complexity index is 850. The summed E-state index contributed by atoms with van der Waals surface area (Å²) in [6.07, 6.45) is 12.0. The second kappa shape index (κ2) is 6.98. The first-order chi connectivity index (χ1) is 14.4. The van der Waals surface area contributed by atoms with Crippen LogP contribution >= 0.6 is 23.2 Å². The van der Waals surface area contributed by atoms with E-state index in [0.29, 0.717) is 30.1 Å². The molecule has 31 heavy (non-hydrogen) atoms. The molecule has 8 atom stereocenters. The van der Waals surface area contributed by atoms with Crippen LogP contribution in [0.1, 0.15) is 85.5 Å². The van der Waals surface area contributed by atoms with Crippen LogP contribution in [-0.2, 0) is 14.3 Å². The van der Waals surface area contributed by atoms with Crippen LogP contribution in [0.4, 0.5) is 0 Å². The molecule has 0 aromatic rings. The van der Waals surface area contributed by atoms with Crippen molar-refractivity contribution in [2.75, 3.05) is 0 Å². The Morgan fingerprint density at radius 2 is 1.81 bits per heavy atom. The Kier molecular flexibility index (Phi) is 5.01. The largest absolute Gasteiger partial charge is 0.462 e. The molecule has 5 aliphatic carbocycles. The zero-order valence-corrected chi connectivity index (χ0v) is 20.8. The molecule has 0 aliphatic heterocycles. The van der Waals surface area contributed by atoms with Gasteiger partial charge in [-0.15, -0.1) is 0 Å². The van der Waals surface area contributed by atoms with Gasteiger partial charge in [0.25, 0.3) is 0 Å². The van der Waals surface area contributed by atoms with Crippen molar-refractivity contribution in [1.82, 2.24) is 0 Å². The number of ketones is 1. The number of fused-ring (bicyclic) bond motifs is 5. The molecule has 0 aromatic heterocycles. The maximum Gasteiger partial charge on any atom is 0.302 e. The maximum atomic E-state index is 12.2. The highest BCUT2D eigenvalue weighted by atomic mass is 35.5. The van der Waals surface area contributed by atoms with Gasteiger partial charge in [0, 0.05) is 25.2 Å². The van der Waals surface area contributed by atoms with E-state index in [1.165, 1.54) is 31.8 Å². The first kappa shape index (κ1) is 22.3. The predicted octanol–water partition coefficient (Wildman–Crippen LogP) is 6.65. The average Bonchev–Trinajstić information content (AvgIpc) is 3.05. The summed E-state index contributed by atoms with van der Waals surface area (Å²) in [4.78, 5) is 23.7. The lowest BCUT2D eigenvalue weighted by atomic mass is 9.44. The number of hydrogen-bond donors (Lipinski definition) is 0. The van der Waals surface area contributed by atoms with Gasteiger partial charge < -0.3 is 4.74 Å². The second-order valence-electron chi connectivity index (χ2n) is 12.0. The van der Waals surface area contributed by atoms with Gasteiger partial charge in [-0.2, -0.15) is 0 Å². The van der Waals surface area contributed by atoms with Crippen LogP contribution in [0.25, 0.3) is 0 Å². The molecule has 0 spiro atoms. The number of rotatable bonds is 2. The summed E-state index contributed by atoms with van der Waals surface area (Å²) in [5.74, 6) is 2.33. The van der Waals surface area contributed by atoms with Gasteiger partial charge in [0.15, 0.2) is 10.1 Å².